The number of allylic oxidation sites excluding steroid dienone is 1. The molecule has 3 aliphatic heterocycles. The number of nitrogens with one attached hydrogen (secondary N) is 2. The molecule has 55 heavy (non-hydrogen) atoms. The summed E-state index contributed by atoms with van der Waals surface area (Å²) in [5.41, 5.74) is 3.69. The predicted molar refractivity (Wildman–Crippen MR) is 210 cm³/mol. The van der Waals surface area contributed by atoms with Crippen LogP contribution in [0.15, 0.2) is 41.2 Å². The maximum Gasteiger partial charge on any atom is 0.407 e. The van der Waals surface area contributed by atoms with Crippen LogP contribution in [0.25, 0.3) is 0 Å². The van der Waals surface area contributed by atoms with Gasteiger partial charge in [0, 0.05) is 48.1 Å². The van der Waals surface area contributed by atoms with Crippen LogP contribution in [-0.2, 0) is 23.9 Å². The van der Waals surface area contributed by atoms with Crippen molar-refractivity contribution in [1.82, 2.24) is 25.1 Å². The number of hydrogen-bond donors (Lipinski definition) is 2. The number of H-pyrrole nitrogens is 1. The van der Waals surface area contributed by atoms with Gasteiger partial charge in [-0.05, 0) is 60.6 Å². The normalized spacial score (nSPS) is 21.6. The van der Waals surface area contributed by atoms with Gasteiger partial charge < -0.3 is 29.6 Å². The highest BCUT2D eigenvalue weighted by molar-refractivity contribution is 6.31. The smallest absolute Gasteiger partial charge is 0.407 e. The Morgan fingerprint density at radius 1 is 0.927 bits per heavy atom. The molecule has 2 aromatic rings. The molecule has 0 bridgehead atoms. The summed E-state index contributed by atoms with van der Waals surface area (Å²) in [6, 6.07) is 4.32. The van der Waals surface area contributed by atoms with E-state index in [9.17, 15) is 19.2 Å². The minimum atomic E-state index is -0.724. The minimum Gasteiger partial charge on any atom is -0.469 e. The first-order valence-electron chi connectivity index (χ1n) is 18.8. The molecule has 4 heterocycles. The number of ether oxygens (including phenoxy) is 2. The third kappa shape index (κ3) is 9.98. The molecule has 0 unspecified atom stereocenters. The number of rotatable bonds is 9. The maximum absolute atomic E-state index is 13.7. The Balaban J connectivity index is 1.22. The van der Waals surface area contributed by atoms with Crippen molar-refractivity contribution in [2.45, 2.75) is 85.4 Å². The van der Waals surface area contributed by atoms with Crippen LogP contribution in [0.1, 0.15) is 95.9 Å². The molecule has 2 N–H and O–H groups in total. The zero-order chi connectivity index (χ0) is 40.0. The van der Waals surface area contributed by atoms with E-state index in [0.29, 0.717) is 47.5 Å². The van der Waals surface area contributed by atoms with Crippen molar-refractivity contribution in [2.24, 2.45) is 34.6 Å². The van der Waals surface area contributed by atoms with Crippen LogP contribution in [0.4, 0.5) is 4.79 Å². The number of alkyl carbamates (subject to hydrolysis) is 1. The van der Waals surface area contributed by atoms with Gasteiger partial charge in [0.2, 0.25) is 11.8 Å². The number of aromatic nitrogens is 2. The van der Waals surface area contributed by atoms with E-state index < -0.39 is 18.1 Å². The number of amides is 3. The second-order valence-electron chi connectivity index (χ2n) is 15.5. The van der Waals surface area contributed by atoms with Gasteiger partial charge in [0.15, 0.2) is 0 Å². The molecule has 13 heteroatoms. The van der Waals surface area contributed by atoms with Gasteiger partial charge >= 0.3 is 12.1 Å². The fraction of sp³-hybridized carbons (Fsp3) is 0.524. The summed E-state index contributed by atoms with van der Waals surface area (Å²) in [6.45, 7) is 13.1. The lowest BCUT2D eigenvalue weighted by Gasteiger charge is -2.30. The van der Waals surface area contributed by atoms with Crippen LogP contribution in [0.3, 0.4) is 0 Å². The fourth-order valence-electron chi connectivity index (χ4n) is 7.39. The fourth-order valence-corrected chi connectivity index (χ4v) is 7.62. The van der Waals surface area contributed by atoms with E-state index in [1.165, 1.54) is 14.2 Å². The molecule has 2 fully saturated rings. The van der Waals surface area contributed by atoms with E-state index in [-0.39, 0.29) is 54.0 Å². The Hall–Kier alpha value is -5.07. The van der Waals surface area contributed by atoms with E-state index in [1.807, 2.05) is 44.7 Å². The molecule has 0 aliphatic carbocycles. The number of benzene rings is 1. The number of hydrogen-bond acceptors (Lipinski definition) is 8. The van der Waals surface area contributed by atoms with Gasteiger partial charge in [0.1, 0.15) is 17.6 Å². The zero-order valence-corrected chi connectivity index (χ0v) is 33.6. The van der Waals surface area contributed by atoms with Crippen molar-refractivity contribution >= 4 is 41.2 Å². The number of carbonyl (C=O) groups excluding carboxylic acids is 4. The number of methoxy groups -OCH3 is 2. The first-order valence-corrected chi connectivity index (χ1v) is 19.2. The summed E-state index contributed by atoms with van der Waals surface area (Å²) < 4.78 is 9.61. The van der Waals surface area contributed by atoms with E-state index >= 15 is 0 Å². The summed E-state index contributed by atoms with van der Waals surface area (Å²) in [6.07, 6.45) is 4.92. The second-order valence-corrected chi connectivity index (χ2v) is 15.9. The highest BCUT2D eigenvalue weighted by Crippen LogP contribution is 2.35. The molecule has 3 amide bonds. The average molecular weight is 771 g/mol. The van der Waals surface area contributed by atoms with E-state index in [2.05, 4.69) is 52.8 Å². The molecule has 0 radical (unpaired) electrons. The largest absolute Gasteiger partial charge is 0.469 e. The molecule has 0 saturated carbocycles. The predicted octanol–water partition coefficient (Wildman–Crippen LogP) is 5.91. The molecule has 12 nitrogen and oxygen atoms in total. The Morgan fingerprint density at radius 2 is 1.62 bits per heavy atom. The Kier molecular flexibility index (Phi) is 13.5. The van der Waals surface area contributed by atoms with Gasteiger partial charge in [-0.1, -0.05) is 70.9 Å². The number of nitrogens with zero attached hydrogens (tertiary/aromatic N) is 4. The highest BCUT2D eigenvalue weighted by atomic mass is 35.5. The number of halogens is 1. The lowest BCUT2D eigenvalue weighted by Crippen LogP contribution is -2.51. The Bertz CT molecular complexity index is 1980. The third-order valence-corrected chi connectivity index (χ3v) is 10.7. The van der Waals surface area contributed by atoms with Gasteiger partial charge in [-0.2, -0.15) is 0 Å². The molecule has 5 rings (SSSR count). The van der Waals surface area contributed by atoms with Crippen molar-refractivity contribution < 1.29 is 28.7 Å². The molecule has 6 atom stereocenters. The van der Waals surface area contributed by atoms with Crippen LogP contribution < -0.4 is 5.32 Å². The first kappa shape index (κ1) is 41.1. The van der Waals surface area contributed by atoms with Gasteiger partial charge in [-0.25, -0.2) is 9.78 Å². The number of imidazole rings is 1. The monoisotopic (exact) mass is 770 g/mol. The minimum absolute atomic E-state index is 0.00533. The summed E-state index contributed by atoms with van der Waals surface area (Å²) >= 11 is 6.65. The Labute approximate surface area is 328 Å². The quantitative estimate of drug-likeness (QED) is 0.238. The highest BCUT2D eigenvalue weighted by Gasteiger charge is 2.42. The zero-order valence-electron chi connectivity index (χ0n) is 32.9. The van der Waals surface area contributed by atoms with Crippen LogP contribution in [-0.4, -0.2) is 88.7 Å². The number of likely N-dealkylation sites (tertiary alicyclic amines) is 2. The van der Waals surface area contributed by atoms with Crippen molar-refractivity contribution in [3.8, 4) is 23.7 Å². The van der Waals surface area contributed by atoms with Crippen LogP contribution in [0, 0.1) is 53.3 Å². The molecular formula is C42H51ClN6O6. The van der Waals surface area contributed by atoms with E-state index in [1.54, 1.807) is 23.4 Å². The van der Waals surface area contributed by atoms with Crippen molar-refractivity contribution in [2.75, 3.05) is 27.3 Å². The number of aliphatic imine (C=N–C) groups is 1. The number of aromatic amines is 1. The molecular weight excluding hydrogens is 720 g/mol. The van der Waals surface area contributed by atoms with Gasteiger partial charge in [0.25, 0.3) is 0 Å². The molecule has 1 aromatic carbocycles. The summed E-state index contributed by atoms with van der Waals surface area (Å²) in [4.78, 5) is 67.5. The van der Waals surface area contributed by atoms with Gasteiger partial charge in [0.05, 0.1) is 49.9 Å². The van der Waals surface area contributed by atoms with Crippen LogP contribution in [0.5, 0.6) is 0 Å². The lowest BCUT2D eigenvalue weighted by molar-refractivity contribution is -0.148. The topological polar surface area (TPSA) is 146 Å². The van der Waals surface area contributed by atoms with Crippen LogP contribution in [0.2, 0.25) is 5.02 Å². The average Bonchev–Trinajstić information content (AvgIpc) is 3.97. The third-order valence-electron chi connectivity index (χ3n) is 10.4. The lowest BCUT2D eigenvalue weighted by atomic mass is 9.90. The van der Waals surface area contributed by atoms with Crippen molar-refractivity contribution in [3.63, 3.8) is 0 Å². The summed E-state index contributed by atoms with van der Waals surface area (Å²) in [7, 11) is 2.62. The molecule has 292 valence electrons. The van der Waals surface area contributed by atoms with Crippen molar-refractivity contribution in [1.29, 1.82) is 0 Å². The Morgan fingerprint density at radius 3 is 2.25 bits per heavy atom. The van der Waals surface area contributed by atoms with E-state index in [4.69, 9.17) is 26.1 Å². The van der Waals surface area contributed by atoms with Gasteiger partial charge in [-0.15, -0.1) is 0 Å². The molecule has 3 aliphatic rings. The van der Waals surface area contributed by atoms with Gasteiger partial charge in [-0.3, -0.25) is 19.4 Å². The second kappa shape index (κ2) is 18.0. The van der Waals surface area contributed by atoms with Crippen molar-refractivity contribution in [3.05, 3.63) is 63.8 Å². The number of carbonyl (C=O) groups is 4. The SMILES string of the molecule is COC(=O)C[C@H](C(=O)N1C[C@@H](C)C[C@H]1C1=NC=C(C#Cc2ccc(C#Cc3cnc([C@@H]4C[C@H](C)CN4C(=O)[C@@H](NC(=O)OC)C(C)C)[nH]3)c(Cl)c2)C1)C(C)C. The van der Waals surface area contributed by atoms with Crippen LogP contribution >= 0.6 is 11.6 Å². The van der Waals surface area contributed by atoms with E-state index in [0.717, 1.165) is 29.7 Å². The summed E-state index contributed by atoms with van der Waals surface area (Å²) in [5, 5.41) is 3.13. The summed E-state index contributed by atoms with van der Waals surface area (Å²) in [5.74, 6) is 12.6. The standard InChI is InChI=1S/C42H51ClN6O6/c1-24(2)32(19-37(50)54-7)40(51)48-22-26(5)15-35(48)34-18-29(20-44-34)10-9-28-11-12-30(33(43)17-28)13-14-31-21-45-39(46-31)36-16-27(6)23-49(36)41(52)38(25(3)4)47-42(53)55-8/h11-12,17,20-21,24-27,32,35-36,38H,15-16,18-19,22-23H2,1-8H3,(H,45,46)(H,47,53)/t26-,27-,32-,35-,36-,38-/m0/s1. The molecule has 1 aromatic heterocycles. The molecule has 2 saturated heterocycles. The first-order chi connectivity index (χ1) is 26.2. The number of esters is 1. The molecule has 0 spiro atoms. The maximum atomic E-state index is 13.7.